The van der Waals surface area contributed by atoms with Gasteiger partial charge in [-0.25, -0.2) is 0 Å². The van der Waals surface area contributed by atoms with Gasteiger partial charge in [0.1, 0.15) is 0 Å². The van der Waals surface area contributed by atoms with Gasteiger partial charge in [0, 0.05) is 42.1 Å². The van der Waals surface area contributed by atoms with E-state index in [2.05, 4.69) is 128 Å². The molecule has 0 aromatic rings. The van der Waals surface area contributed by atoms with Gasteiger partial charge in [0.25, 0.3) is 0 Å². The van der Waals surface area contributed by atoms with E-state index in [0.717, 1.165) is 0 Å². The van der Waals surface area contributed by atoms with Gasteiger partial charge >= 0.3 is 88.9 Å². The normalized spacial score (nSPS) is 17.4. The third kappa shape index (κ3) is 20.4. The standard InChI is InChI=1S/2C10H15.4CO.2CH3Se.2Mo/c2*1-6-7(2)9(4)10(5)8(6)3;6*1-2;;/h2*1-5H3;;;;;2*1H3;;. The minimum absolute atomic E-state index is 0. The Morgan fingerprint density at radius 3 is 0.353 bits per heavy atom. The molecule has 12 radical (unpaired) electrons. The summed E-state index contributed by atoms with van der Waals surface area (Å²) in [6, 6.07) is 0. The van der Waals surface area contributed by atoms with Gasteiger partial charge in [-0.05, 0) is 59.2 Å². The fourth-order valence-corrected chi connectivity index (χ4v) is 2.81. The molecule has 2 aliphatic carbocycles. The molecule has 2 rings (SSSR count). The molecule has 8 heteroatoms. The van der Waals surface area contributed by atoms with Gasteiger partial charge in [-0.2, -0.15) is 0 Å². The van der Waals surface area contributed by atoms with Crippen molar-refractivity contribution < 1.29 is 60.7 Å². The van der Waals surface area contributed by atoms with Crippen LogP contribution in [0.4, 0.5) is 0 Å². The third-order valence-electron chi connectivity index (χ3n) is 5.62. The molecule has 4 nitrogen and oxygen atoms in total. The first-order chi connectivity index (χ1) is 15.1. The van der Waals surface area contributed by atoms with Crippen LogP contribution in [0, 0.1) is 85.8 Å². The Morgan fingerprint density at radius 1 is 0.294 bits per heavy atom. The van der Waals surface area contributed by atoms with Gasteiger partial charge in [0.05, 0.1) is 0 Å². The van der Waals surface area contributed by atoms with E-state index in [0.29, 0.717) is 0 Å². The molecule has 0 amide bonds. The second kappa shape index (κ2) is 38.9. The summed E-state index contributed by atoms with van der Waals surface area (Å²) in [6.07, 6.45) is 0. The average molecular weight is 762 g/mol. The van der Waals surface area contributed by atoms with E-state index in [1.807, 2.05) is 11.6 Å². The van der Waals surface area contributed by atoms with Crippen molar-refractivity contribution in [3.8, 4) is 0 Å². The maximum Gasteiger partial charge on any atom is 0 e. The molecule has 0 saturated heterocycles. The Hall–Kier alpha value is 1.38. The predicted molar refractivity (Wildman–Crippen MR) is 128 cm³/mol. The molecular weight excluding hydrogens is 726 g/mol. The Balaban J connectivity index is -0.0000000442. The zero-order valence-corrected chi connectivity index (χ0v) is 29.7. The molecule has 0 spiro atoms. The Bertz CT molecular complexity index is 329. The monoisotopic (exact) mass is 768 g/mol. The molecule has 2 fully saturated rings. The molecule has 0 aromatic carbocycles. The first-order valence-corrected chi connectivity index (χ1v) is 12.6. The van der Waals surface area contributed by atoms with Crippen LogP contribution in [-0.4, -0.2) is 32.0 Å². The molecule has 0 aromatic heterocycles. The molecule has 0 aliphatic heterocycles. The topological polar surface area (TPSA) is 79.6 Å². The summed E-state index contributed by atoms with van der Waals surface area (Å²) >= 11 is 5.25. The fourth-order valence-electron chi connectivity index (χ4n) is 2.81. The summed E-state index contributed by atoms with van der Waals surface area (Å²) in [5, 5.41) is 0. The molecule has 0 bridgehead atoms. The van der Waals surface area contributed by atoms with Gasteiger partial charge in [-0.1, -0.05) is 69.2 Å². The van der Waals surface area contributed by atoms with Crippen LogP contribution in [0.15, 0.2) is 0 Å². The van der Waals surface area contributed by atoms with Crippen LogP contribution >= 0.6 is 0 Å². The van der Waals surface area contributed by atoms with Gasteiger partial charge in [0.2, 0.25) is 0 Å². The maximum absolute atomic E-state index is 7.50. The van der Waals surface area contributed by atoms with E-state index < -0.39 is 0 Å². The minimum Gasteiger partial charge on any atom is 0 e. The fraction of sp³-hybridized carbons (Fsp3) is 0.462. The van der Waals surface area contributed by atoms with E-state index in [9.17, 15) is 0 Å². The summed E-state index contributed by atoms with van der Waals surface area (Å²) in [4.78, 5) is 0. The van der Waals surface area contributed by atoms with E-state index in [1.54, 1.807) is 0 Å². The number of hydrogen-bond donors (Lipinski definition) is 0. The molecule has 0 N–H and O–H groups in total. The quantitative estimate of drug-likeness (QED) is 0.160. The van der Waals surface area contributed by atoms with Crippen molar-refractivity contribution in [1.82, 2.24) is 0 Å². The van der Waals surface area contributed by atoms with Crippen molar-refractivity contribution in [2.75, 3.05) is 0 Å². The van der Waals surface area contributed by atoms with Crippen LogP contribution < -0.4 is 0 Å². The van der Waals surface area contributed by atoms with Crippen LogP contribution in [0.5, 0.6) is 0 Å². The Morgan fingerprint density at radius 2 is 0.324 bits per heavy atom. The van der Waals surface area contributed by atoms with Crippen molar-refractivity contribution in [3.63, 3.8) is 0 Å². The zero-order chi connectivity index (χ0) is 27.8. The molecule has 0 heterocycles. The molecule has 188 valence electrons. The summed E-state index contributed by atoms with van der Waals surface area (Å²) in [6.45, 7) is 40.0. The first kappa shape index (κ1) is 55.8. The largest absolute Gasteiger partial charge is 0 e. The smallest absolute Gasteiger partial charge is 0 e. The number of hydrogen-bond acceptors (Lipinski definition) is 0. The molecule has 2 saturated carbocycles. The minimum atomic E-state index is 0. The molecule has 34 heavy (non-hydrogen) atoms. The molecular formula is C26H36Mo2O4Se2. The van der Waals surface area contributed by atoms with Crippen LogP contribution in [0.1, 0.15) is 69.2 Å². The SMILES string of the molecule is C[C]1[C](C)[C](C)[C](C)[C]1C.C[C]1[C](C)[C](C)[C](C)[C]1C.C[Se].C[Se].[C-]#[O+].[C-]#[O+].[C-]#[O+].[C-]#[O+].[Mo].[Mo]. The second-order valence-corrected chi connectivity index (χ2v) is 6.25. The third-order valence-corrected chi connectivity index (χ3v) is 5.62. The molecule has 0 atom stereocenters. The zero-order valence-electron chi connectivity index (χ0n) is 22.3. The summed E-state index contributed by atoms with van der Waals surface area (Å²) in [5.74, 6) is 18.4. The number of rotatable bonds is 0. The van der Waals surface area contributed by atoms with E-state index in [4.69, 9.17) is 18.6 Å². The van der Waals surface area contributed by atoms with Crippen LogP contribution in [-0.2, 0) is 60.7 Å². The van der Waals surface area contributed by atoms with Crippen molar-refractivity contribution in [1.29, 1.82) is 0 Å². The summed E-state index contributed by atoms with van der Waals surface area (Å²) < 4.78 is 30.0. The van der Waals surface area contributed by atoms with Gasteiger partial charge in [0.15, 0.2) is 0 Å². The van der Waals surface area contributed by atoms with Crippen LogP contribution in [0.3, 0.4) is 0 Å². The van der Waals surface area contributed by atoms with Crippen molar-refractivity contribution in [2.45, 2.75) is 80.9 Å². The first-order valence-electron chi connectivity index (χ1n) is 9.13. The van der Waals surface area contributed by atoms with Crippen molar-refractivity contribution >= 4 is 32.0 Å². The summed E-state index contributed by atoms with van der Waals surface area (Å²) in [7, 11) is 0. The van der Waals surface area contributed by atoms with E-state index in [1.165, 1.54) is 59.2 Å². The van der Waals surface area contributed by atoms with Gasteiger partial charge in [-0.15, -0.1) is 0 Å². The van der Waals surface area contributed by atoms with Gasteiger partial charge < -0.3 is 0 Å². The summed E-state index contributed by atoms with van der Waals surface area (Å²) in [5.41, 5.74) is 0. The Labute approximate surface area is 257 Å². The second-order valence-electron chi connectivity index (χ2n) is 6.25. The van der Waals surface area contributed by atoms with Crippen LogP contribution in [0.25, 0.3) is 0 Å². The van der Waals surface area contributed by atoms with Crippen molar-refractivity contribution in [3.05, 3.63) is 85.8 Å². The van der Waals surface area contributed by atoms with E-state index >= 15 is 0 Å². The maximum atomic E-state index is 7.50. The van der Waals surface area contributed by atoms with Crippen molar-refractivity contribution in [2.24, 2.45) is 0 Å². The van der Waals surface area contributed by atoms with E-state index in [-0.39, 0.29) is 42.1 Å². The van der Waals surface area contributed by atoms with Gasteiger partial charge in [-0.3, -0.25) is 0 Å². The molecule has 2 aliphatic rings. The average Bonchev–Trinajstić information content (AvgIpc) is 3.16. The molecule has 0 unspecified atom stereocenters. The Kier molecular flexibility index (Phi) is 63.8. The predicted octanol–water partition coefficient (Wildman–Crippen LogP) is 6.19. The van der Waals surface area contributed by atoms with Crippen LogP contribution in [0.2, 0.25) is 11.6 Å².